The van der Waals surface area contributed by atoms with Gasteiger partial charge in [0.25, 0.3) is 0 Å². The van der Waals surface area contributed by atoms with Crippen LogP contribution in [0.1, 0.15) is 32.3 Å². The highest BCUT2D eigenvalue weighted by Crippen LogP contribution is 2.36. The van der Waals surface area contributed by atoms with Crippen LogP contribution in [0.2, 0.25) is 5.02 Å². The molecule has 0 spiro atoms. The Morgan fingerprint density at radius 2 is 2.15 bits per heavy atom. The molecule has 1 aromatic rings. The molecule has 1 N–H and O–H groups in total. The molecule has 0 saturated heterocycles. The van der Waals surface area contributed by atoms with Crippen molar-refractivity contribution in [3.8, 4) is 23.8 Å². The van der Waals surface area contributed by atoms with E-state index in [0.29, 0.717) is 35.6 Å². The van der Waals surface area contributed by atoms with Gasteiger partial charge in [0.15, 0.2) is 11.5 Å². The number of ether oxygens (including phenoxy) is 2. The average molecular weight is 296 g/mol. The maximum absolute atomic E-state index is 6.27. The second kappa shape index (κ2) is 8.73. The molecule has 1 aromatic carbocycles. The third-order valence-electron chi connectivity index (χ3n) is 2.72. The summed E-state index contributed by atoms with van der Waals surface area (Å²) in [6.45, 7) is 5.47. The Kier molecular flexibility index (Phi) is 7.28. The van der Waals surface area contributed by atoms with E-state index in [9.17, 15) is 0 Å². The van der Waals surface area contributed by atoms with Crippen molar-refractivity contribution in [3.63, 3.8) is 0 Å². The molecular weight excluding hydrogens is 274 g/mol. The number of halogens is 1. The van der Waals surface area contributed by atoms with Gasteiger partial charge in [0.2, 0.25) is 0 Å². The Morgan fingerprint density at radius 1 is 1.40 bits per heavy atom. The summed E-state index contributed by atoms with van der Waals surface area (Å²) < 4.78 is 11.0. The number of terminal acetylenes is 1. The van der Waals surface area contributed by atoms with Crippen LogP contribution in [-0.4, -0.2) is 19.8 Å². The third kappa shape index (κ3) is 5.32. The summed E-state index contributed by atoms with van der Waals surface area (Å²) in [5.74, 6) is 3.82. The van der Waals surface area contributed by atoms with Gasteiger partial charge >= 0.3 is 0 Å². The van der Waals surface area contributed by atoms with Crippen LogP contribution in [0.4, 0.5) is 0 Å². The molecule has 4 heteroatoms. The summed E-state index contributed by atoms with van der Waals surface area (Å²) >= 11 is 6.27. The second-order valence-electron chi connectivity index (χ2n) is 4.80. The minimum absolute atomic E-state index is 0.416. The SMILES string of the molecule is C#CCCCOc1c(Cl)cc(CNC(C)C)cc1OC. The first-order valence-electron chi connectivity index (χ1n) is 6.74. The lowest BCUT2D eigenvalue weighted by Crippen LogP contribution is -2.21. The van der Waals surface area contributed by atoms with Crippen LogP contribution < -0.4 is 14.8 Å². The molecule has 0 saturated carbocycles. The zero-order chi connectivity index (χ0) is 15.0. The van der Waals surface area contributed by atoms with Crippen LogP contribution in [-0.2, 0) is 6.54 Å². The Labute approximate surface area is 126 Å². The molecule has 0 aromatic heterocycles. The lowest BCUT2D eigenvalue weighted by Gasteiger charge is -2.15. The zero-order valence-corrected chi connectivity index (χ0v) is 13.1. The maximum atomic E-state index is 6.27. The van der Waals surface area contributed by atoms with E-state index in [1.54, 1.807) is 7.11 Å². The second-order valence-corrected chi connectivity index (χ2v) is 5.21. The molecular formula is C16H22ClNO2. The van der Waals surface area contributed by atoms with Gasteiger partial charge in [-0.2, -0.15) is 0 Å². The van der Waals surface area contributed by atoms with Crippen LogP contribution in [0.5, 0.6) is 11.5 Å². The molecule has 0 aliphatic carbocycles. The number of unbranched alkanes of at least 4 members (excludes halogenated alkanes) is 1. The van der Waals surface area contributed by atoms with E-state index in [-0.39, 0.29) is 0 Å². The number of rotatable bonds is 8. The first-order chi connectivity index (χ1) is 9.58. The van der Waals surface area contributed by atoms with Gasteiger partial charge in [-0.1, -0.05) is 25.4 Å². The highest BCUT2D eigenvalue weighted by molar-refractivity contribution is 6.32. The van der Waals surface area contributed by atoms with Crippen molar-refractivity contribution in [2.75, 3.05) is 13.7 Å². The van der Waals surface area contributed by atoms with Crippen LogP contribution >= 0.6 is 11.6 Å². The summed E-state index contributed by atoms with van der Waals surface area (Å²) in [6.07, 6.45) is 6.70. The van der Waals surface area contributed by atoms with Gasteiger partial charge in [-0.15, -0.1) is 12.3 Å². The molecule has 0 aliphatic rings. The Hall–Kier alpha value is -1.37. The Morgan fingerprint density at radius 3 is 2.75 bits per heavy atom. The zero-order valence-electron chi connectivity index (χ0n) is 12.3. The van der Waals surface area contributed by atoms with E-state index in [4.69, 9.17) is 27.5 Å². The van der Waals surface area contributed by atoms with Crippen LogP contribution in [0, 0.1) is 12.3 Å². The Balaban J connectivity index is 2.77. The minimum Gasteiger partial charge on any atom is -0.493 e. The standard InChI is InChI=1S/C16H22ClNO2/c1-5-6-7-8-20-16-14(17)9-13(10-15(16)19-4)11-18-12(2)3/h1,9-10,12,18H,6-8,11H2,2-4H3. The van der Waals surface area contributed by atoms with Crippen molar-refractivity contribution in [1.29, 1.82) is 0 Å². The molecule has 110 valence electrons. The van der Waals surface area contributed by atoms with Crippen LogP contribution in [0.3, 0.4) is 0 Å². The lowest BCUT2D eigenvalue weighted by atomic mass is 10.2. The maximum Gasteiger partial charge on any atom is 0.179 e. The topological polar surface area (TPSA) is 30.5 Å². The molecule has 0 amide bonds. The minimum atomic E-state index is 0.416. The van der Waals surface area contributed by atoms with Gasteiger partial charge < -0.3 is 14.8 Å². The number of benzene rings is 1. The van der Waals surface area contributed by atoms with Crippen LogP contribution in [0.15, 0.2) is 12.1 Å². The molecule has 0 aliphatic heterocycles. The van der Waals surface area contributed by atoms with Crippen molar-refractivity contribution >= 4 is 11.6 Å². The lowest BCUT2D eigenvalue weighted by molar-refractivity contribution is 0.291. The molecule has 0 radical (unpaired) electrons. The quantitative estimate of drug-likeness (QED) is 0.587. The fourth-order valence-electron chi connectivity index (χ4n) is 1.69. The largest absolute Gasteiger partial charge is 0.493 e. The van der Waals surface area contributed by atoms with Gasteiger partial charge in [0, 0.05) is 19.0 Å². The molecule has 0 fully saturated rings. The number of methoxy groups -OCH3 is 1. The smallest absolute Gasteiger partial charge is 0.179 e. The molecule has 0 atom stereocenters. The van der Waals surface area contributed by atoms with E-state index in [1.165, 1.54) is 0 Å². The van der Waals surface area contributed by atoms with E-state index in [0.717, 1.165) is 18.5 Å². The number of hydrogen-bond donors (Lipinski definition) is 1. The first kappa shape index (κ1) is 16.7. The summed E-state index contributed by atoms with van der Waals surface area (Å²) in [4.78, 5) is 0. The van der Waals surface area contributed by atoms with Crippen molar-refractivity contribution in [2.24, 2.45) is 0 Å². The normalized spacial score (nSPS) is 10.4. The summed E-state index contributed by atoms with van der Waals surface area (Å²) in [6, 6.07) is 4.26. The fraction of sp³-hybridized carbons (Fsp3) is 0.500. The van der Waals surface area contributed by atoms with Crippen molar-refractivity contribution < 1.29 is 9.47 Å². The summed E-state index contributed by atoms with van der Waals surface area (Å²) in [5.41, 5.74) is 1.07. The van der Waals surface area contributed by atoms with E-state index >= 15 is 0 Å². The average Bonchev–Trinajstić information content (AvgIpc) is 2.42. The molecule has 0 bridgehead atoms. The van der Waals surface area contributed by atoms with Crippen molar-refractivity contribution in [3.05, 3.63) is 22.7 Å². The predicted molar refractivity (Wildman–Crippen MR) is 83.5 cm³/mol. The molecule has 3 nitrogen and oxygen atoms in total. The predicted octanol–water partition coefficient (Wildman–Crippen LogP) is 3.64. The monoisotopic (exact) mass is 295 g/mol. The molecule has 0 unspecified atom stereocenters. The van der Waals surface area contributed by atoms with Gasteiger partial charge in [0.05, 0.1) is 18.7 Å². The third-order valence-corrected chi connectivity index (χ3v) is 3.00. The van der Waals surface area contributed by atoms with E-state index < -0.39 is 0 Å². The fourth-order valence-corrected chi connectivity index (χ4v) is 1.97. The molecule has 20 heavy (non-hydrogen) atoms. The number of nitrogens with one attached hydrogen (secondary N) is 1. The van der Waals surface area contributed by atoms with Crippen molar-refractivity contribution in [1.82, 2.24) is 5.32 Å². The van der Waals surface area contributed by atoms with E-state index in [2.05, 4.69) is 25.1 Å². The van der Waals surface area contributed by atoms with E-state index in [1.807, 2.05) is 12.1 Å². The molecule has 0 heterocycles. The summed E-state index contributed by atoms with van der Waals surface area (Å²) in [5, 5.41) is 3.90. The van der Waals surface area contributed by atoms with Gasteiger partial charge in [-0.25, -0.2) is 0 Å². The molecule has 1 rings (SSSR count). The van der Waals surface area contributed by atoms with Crippen molar-refractivity contribution in [2.45, 2.75) is 39.3 Å². The highest BCUT2D eigenvalue weighted by atomic mass is 35.5. The first-order valence-corrected chi connectivity index (χ1v) is 7.12. The summed E-state index contributed by atoms with van der Waals surface area (Å²) in [7, 11) is 1.61. The van der Waals surface area contributed by atoms with Gasteiger partial charge in [0.1, 0.15) is 0 Å². The number of hydrogen-bond acceptors (Lipinski definition) is 3. The highest BCUT2D eigenvalue weighted by Gasteiger charge is 2.12. The van der Waals surface area contributed by atoms with Gasteiger partial charge in [-0.3, -0.25) is 0 Å². The Bertz CT molecular complexity index is 466. The van der Waals surface area contributed by atoms with Gasteiger partial charge in [-0.05, 0) is 24.1 Å². The van der Waals surface area contributed by atoms with Crippen LogP contribution in [0.25, 0.3) is 0 Å².